The smallest absolute Gasteiger partial charge is 0.334 e. The van der Waals surface area contributed by atoms with E-state index in [0.29, 0.717) is 12.2 Å². The van der Waals surface area contributed by atoms with Gasteiger partial charge in [-0.1, -0.05) is 6.07 Å². The number of carbonyl (C=O) groups is 1. The predicted octanol–water partition coefficient (Wildman–Crippen LogP) is 2.47. The number of halogens is 3. The summed E-state index contributed by atoms with van der Waals surface area (Å²) in [7, 11) is 0. The Balaban J connectivity index is 1.79. The highest BCUT2D eigenvalue weighted by atomic mass is 32.1. The van der Waals surface area contributed by atoms with Crippen LogP contribution in [0.1, 0.15) is 10.4 Å². The van der Waals surface area contributed by atoms with Crippen molar-refractivity contribution in [3.05, 3.63) is 52.2 Å². The Kier molecular flexibility index (Phi) is 4.98. The average molecular weight is 315 g/mol. The number of thiophene rings is 1. The fourth-order valence-electron chi connectivity index (χ4n) is 1.73. The molecule has 0 bridgehead atoms. The van der Waals surface area contributed by atoms with Gasteiger partial charge in [0.2, 0.25) is 0 Å². The summed E-state index contributed by atoms with van der Waals surface area (Å²) in [6.07, 6.45) is -4.36. The number of nitrogens with one attached hydrogen (secondary N) is 1. The molecule has 7 heteroatoms. The maximum absolute atomic E-state index is 12.4. The molecule has 21 heavy (non-hydrogen) atoms. The number of alkyl halides is 3. The Labute approximate surface area is 123 Å². The highest BCUT2D eigenvalue weighted by Gasteiger charge is 2.29. The summed E-state index contributed by atoms with van der Waals surface area (Å²) >= 11 is 1.61. The number of quaternary nitrogens is 1. The van der Waals surface area contributed by atoms with Crippen LogP contribution in [0.5, 0.6) is 0 Å². The minimum atomic E-state index is -4.36. The first-order valence-corrected chi connectivity index (χ1v) is 7.14. The lowest BCUT2D eigenvalue weighted by molar-refractivity contribution is -0.659. The van der Waals surface area contributed by atoms with Crippen molar-refractivity contribution in [1.29, 1.82) is 0 Å². The minimum Gasteiger partial charge on any atom is -0.334 e. The molecule has 2 aromatic rings. The molecule has 0 fully saturated rings. The number of nitrogens with two attached hydrogens (primary N) is 1. The molecule has 0 atom stereocenters. The quantitative estimate of drug-likeness (QED) is 0.875. The van der Waals surface area contributed by atoms with Gasteiger partial charge < -0.3 is 10.6 Å². The molecule has 3 N–H and O–H groups in total. The molecule has 1 heterocycles. The normalized spacial score (nSPS) is 11.4. The van der Waals surface area contributed by atoms with Gasteiger partial charge in [-0.05, 0) is 35.7 Å². The monoisotopic (exact) mass is 315 g/mol. The van der Waals surface area contributed by atoms with Crippen LogP contribution in [0.3, 0.4) is 0 Å². The molecule has 0 saturated carbocycles. The van der Waals surface area contributed by atoms with E-state index in [1.165, 1.54) is 12.1 Å². The molecule has 0 radical (unpaired) electrons. The van der Waals surface area contributed by atoms with Crippen LogP contribution in [0, 0.1) is 0 Å². The highest BCUT2D eigenvalue weighted by molar-refractivity contribution is 7.09. The van der Waals surface area contributed by atoms with Crippen molar-refractivity contribution in [1.82, 2.24) is 0 Å². The average Bonchev–Trinajstić information content (AvgIpc) is 2.91. The van der Waals surface area contributed by atoms with Crippen LogP contribution in [0.25, 0.3) is 0 Å². The molecule has 0 aliphatic heterocycles. The van der Waals surface area contributed by atoms with Gasteiger partial charge in [-0.2, -0.15) is 13.2 Å². The third kappa shape index (κ3) is 4.87. The lowest BCUT2D eigenvalue weighted by atomic mass is 10.2. The van der Waals surface area contributed by atoms with Crippen LogP contribution < -0.4 is 10.6 Å². The van der Waals surface area contributed by atoms with Gasteiger partial charge in [0.15, 0.2) is 6.54 Å². The van der Waals surface area contributed by atoms with E-state index in [0.717, 1.165) is 17.0 Å². The highest BCUT2D eigenvalue weighted by Crippen LogP contribution is 2.29. The molecule has 1 aromatic heterocycles. The molecule has 0 aliphatic carbocycles. The molecule has 0 spiro atoms. The standard InChI is InChI=1S/C14H13F3N2OS/c15-14(16,17)10-3-5-11(6-4-10)19-13(20)9-18-8-12-2-1-7-21-12/h1-7,18H,8-9H2,(H,19,20)/p+1. The van der Waals surface area contributed by atoms with Gasteiger partial charge in [-0.25, -0.2) is 0 Å². The third-order valence-electron chi connectivity index (χ3n) is 2.75. The maximum Gasteiger partial charge on any atom is 0.416 e. The molecular weight excluding hydrogens is 301 g/mol. The lowest BCUT2D eigenvalue weighted by Gasteiger charge is -2.08. The first-order valence-electron chi connectivity index (χ1n) is 6.26. The Morgan fingerprint density at radius 1 is 1.19 bits per heavy atom. The van der Waals surface area contributed by atoms with Crippen LogP contribution >= 0.6 is 11.3 Å². The van der Waals surface area contributed by atoms with E-state index in [4.69, 9.17) is 0 Å². The van der Waals surface area contributed by atoms with Gasteiger partial charge >= 0.3 is 6.18 Å². The summed E-state index contributed by atoms with van der Waals surface area (Å²) in [5, 5.41) is 6.37. The fraction of sp³-hybridized carbons (Fsp3) is 0.214. The van der Waals surface area contributed by atoms with Crippen molar-refractivity contribution in [2.75, 3.05) is 11.9 Å². The first kappa shape index (κ1) is 15.5. The van der Waals surface area contributed by atoms with Crippen molar-refractivity contribution in [3.63, 3.8) is 0 Å². The largest absolute Gasteiger partial charge is 0.416 e. The SMILES string of the molecule is O=C(C[NH2+]Cc1cccs1)Nc1ccc(C(F)(F)F)cc1. The number of rotatable bonds is 5. The number of hydrogen-bond acceptors (Lipinski definition) is 2. The second-order valence-corrected chi connectivity index (χ2v) is 5.43. The summed E-state index contributed by atoms with van der Waals surface area (Å²) in [5.74, 6) is -0.244. The van der Waals surface area contributed by atoms with E-state index in [2.05, 4.69) is 5.32 Å². The molecule has 1 amide bonds. The van der Waals surface area contributed by atoms with E-state index in [-0.39, 0.29) is 12.5 Å². The van der Waals surface area contributed by atoms with Gasteiger partial charge in [-0.3, -0.25) is 4.79 Å². The summed E-state index contributed by atoms with van der Waals surface area (Å²) in [4.78, 5) is 12.8. The zero-order valence-electron chi connectivity index (χ0n) is 11.0. The van der Waals surface area contributed by atoms with Crippen molar-refractivity contribution in [3.8, 4) is 0 Å². The van der Waals surface area contributed by atoms with Crippen LogP contribution in [-0.2, 0) is 17.5 Å². The minimum absolute atomic E-state index is 0.221. The van der Waals surface area contributed by atoms with Gasteiger partial charge in [0.1, 0.15) is 6.54 Å². The predicted molar refractivity (Wildman–Crippen MR) is 74.9 cm³/mol. The third-order valence-corrected chi connectivity index (χ3v) is 3.65. The molecule has 0 saturated heterocycles. The Bertz CT molecular complexity index is 579. The Morgan fingerprint density at radius 3 is 2.48 bits per heavy atom. The maximum atomic E-state index is 12.4. The number of hydrogen-bond donors (Lipinski definition) is 2. The van der Waals surface area contributed by atoms with Gasteiger partial charge in [-0.15, -0.1) is 11.3 Å². The first-order chi connectivity index (χ1) is 9.95. The molecule has 2 rings (SSSR count). The number of carbonyl (C=O) groups excluding carboxylic acids is 1. The van der Waals surface area contributed by atoms with Crippen LogP contribution in [-0.4, -0.2) is 12.5 Å². The van der Waals surface area contributed by atoms with Crippen LogP contribution in [0.4, 0.5) is 18.9 Å². The van der Waals surface area contributed by atoms with Crippen molar-refractivity contribution in [2.24, 2.45) is 0 Å². The summed E-state index contributed by atoms with van der Waals surface area (Å²) in [6.45, 7) is 0.928. The zero-order valence-corrected chi connectivity index (χ0v) is 11.8. The Morgan fingerprint density at radius 2 is 1.90 bits per heavy atom. The zero-order chi connectivity index (χ0) is 15.3. The molecule has 112 valence electrons. The second-order valence-electron chi connectivity index (χ2n) is 4.40. The topological polar surface area (TPSA) is 45.7 Å². The molecular formula is C14H14F3N2OS+. The lowest BCUT2D eigenvalue weighted by Crippen LogP contribution is -2.84. The number of amides is 1. The fourth-order valence-corrected chi connectivity index (χ4v) is 2.43. The van der Waals surface area contributed by atoms with E-state index in [9.17, 15) is 18.0 Å². The molecule has 0 aliphatic rings. The second kappa shape index (κ2) is 6.73. The van der Waals surface area contributed by atoms with E-state index in [1.54, 1.807) is 11.3 Å². The summed E-state index contributed by atoms with van der Waals surface area (Å²) in [6, 6.07) is 8.32. The van der Waals surface area contributed by atoms with E-state index in [1.807, 2.05) is 22.8 Å². The van der Waals surface area contributed by atoms with Gasteiger partial charge in [0.25, 0.3) is 5.91 Å². The van der Waals surface area contributed by atoms with Gasteiger partial charge in [0.05, 0.1) is 10.4 Å². The summed E-state index contributed by atoms with van der Waals surface area (Å²) in [5.41, 5.74) is -0.373. The molecule has 0 unspecified atom stereocenters. The van der Waals surface area contributed by atoms with Crippen molar-refractivity contribution in [2.45, 2.75) is 12.7 Å². The van der Waals surface area contributed by atoms with Crippen LogP contribution in [0.15, 0.2) is 41.8 Å². The number of anilines is 1. The molecule has 3 nitrogen and oxygen atoms in total. The molecule has 1 aromatic carbocycles. The van der Waals surface area contributed by atoms with Crippen LogP contribution in [0.2, 0.25) is 0 Å². The van der Waals surface area contributed by atoms with Gasteiger partial charge in [0, 0.05) is 5.69 Å². The van der Waals surface area contributed by atoms with E-state index < -0.39 is 11.7 Å². The summed E-state index contributed by atoms with van der Waals surface area (Å²) < 4.78 is 37.2. The Hall–Kier alpha value is -1.86. The van der Waals surface area contributed by atoms with Crippen molar-refractivity contribution >= 4 is 22.9 Å². The van der Waals surface area contributed by atoms with E-state index >= 15 is 0 Å². The van der Waals surface area contributed by atoms with Crippen molar-refractivity contribution < 1.29 is 23.3 Å². The number of benzene rings is 1.